The average Bonchev–Trinajstić information content (AvgIpc) is 2.44. The van der Waals surface area contributed by atoms with Crippen LogP contribution >= 0.6 is 0 Å². The van der Waals surface area contributed by atoms with Crippen LogP contribution in [0.3, 0.4) is 0 Å². The molecule has 1 heterocycles. The fourth-order valence-corrected chi connectivity index (χ4v) is 0.815. The van der Waals surface area contributed by atoms with Crippen molar-refractivity contribution >= 4 is 5.97 Å². The molecule has 92 valence electrons. The van der Waals surface area contributed by atoms with Crippen LogP contribution in [0, 0.1) is 10.1 Å². The van der Waals surface area contributed by atoms with Crippen LogP contribution in [-0.2, 0) is 9.53 Å². The molecule has 1 aliphatic heterocycles. The Morgan fingerprint density at radius 2 is 1.94 bits per heavy atom. The third kappa shape index (κ3) is 6.16. The molecule has 0 saturated carbocycles. The van der Waals surface area contributed by atoms with E-state index in [1.165, 1.54) is 0 Å². The zero-order valence-electron chi connectivity index (χ0n) is 8.64. The Kier molecular flexibility index (Phi) is 9.60. The van der Waals surface area contributed by atoms with Gasteiger partial charge in [0.2, 0.25) is 0 Å². The van der Waals surface area contributed by atoms with Gasteiger partial charge in [-0.25, -0.2) is 4.79 Å². The molecular formula is C6H8KNO9. The SMILES string of the molecule is O=C1O[C@H]([C@@H](O)CO)C(O)=C1[O-].O=[N+]([O-])O.[K+]. The first kappa shape index (κ1) is 18.9. The van der Waals surface area contributed by atoms with Crippen molar-refractivity contribution in [2.45, 2.75) is 12.2 Å². The van der Waals surface area contributed by atoms with E-state index >= 15 is 0 Å². The molecule has 1 rings (SSSR count). The van der Waals surface area contributed by atoms with Crippen LogP contribution in [0.15, 0.2) is 11.5 Å². The number of aliphatic hydroxyl groups is 3. The molecule has 17 heavy (non-hydrogen) atoms. The summed E-state index contributed by atoms with van der Waals surface area (Å²) in [7, 11) is 0. The van der Waals surface area contributed by atoms with Gasteiger partial charge in [-0.1, -0.05) is 0 Å². The van der Waals surface area contributed by atoms with E-state index in [0.29, 0.717) is 0 Å². The summed E-state index contributed by atoms with van der Waals surface area (Å²) in [4.78, 5) is 18.8. The maximum atomic E-state index is 10.6. The summed E-state index contributed by atoms with van der Waals surface area (Å²) in [5.41, 5.74) is 0. The van der Waals surface area contributed by atoms with E-state index in [4.69, 9.17) is 30.6 Å². The minimum atomic E-state index is -1.50. The van der Waals surface area contributed by atoms with Gasteiger partial charge in [0, 0.05) is 5.76 Å². The van der Waals surface area contributed by atoms with Crippen molar-refractivity contribution in [1.29, 1.82) is 0 Å². The molecular weight excluding hydrogens is 269 g/mol. The zero-order chi connectivity index (χ0) is 12.9. The second kappa shape index (κ2) is 8.63. The van der Waals surface area contributed by atoms with E-state index in [1.807, 2.05) is 0 Å². The molecule has 0 bridgehead atoms. The largest absolute Gasteiger partial charge is 1.00 e. The number of hydrogen-bond acceptors (Lipinski definition) is 8. The van der Waals surface area contributed by atoms with Crippen molar-refractivity contribution in [2.24, 2.45) is 0 Å². The summed E-state index contributed by atoms with van der Waals surface area (Å²) in [6, 6.07) is 0. The van der Waals surface area contributed by atoms with Gasteiger partial charge >= 0.3 is 57.4 Å². The molecule has 0 aromatic heterocycles. The number of aliphatic hydroxyl groups excluding tert-OH is 3. The normalized spacial score (nSPS) is 19.6. The Bertz CT molecular complexity index is 313. The molecule has 0 saturated heterocycles. The summed E-state index contributed by atoms with van der Waals surface area (Å²) in [6.07, 6.45) is -2.88. The van der Waals surface area contributed by atoms with Crippen LogP contribution in [0.1, 0.15) is 0 Å². The Morgan fingerprint density at radius 1 is 1.53 bits per heavy atom. The van der Waals surface area contributed by atoms with Crippen molar-refractivity contribution < 1.29 is 91.6 Å². The quantitative estimate of drug-likeness (QED) is 0.166. The van der Waals surface area contributed by atoms with Gasteiger partial charge in [0.15, 0.2) is 6.10 Å². The predicted octanol–water partition coefficient (Wildman–Crippen LogP) is -5.95. The van der Waals surface area contributed by atoms with E-state index in [-0.39, 0.29) is 51.4 Å². The average molecular weight is 277 g/mol. The number of esters is 1. The van der Waals surface area contributed by atoms with Gasteiger partial charge in [-0.3, -0.25) is 0 Å². The van der Waals surface area contributed by atoms with E-state index in [1.54, 1.807) is 0 Å². The number of carbonyl (C=O) groups is 1. The molecule has 0 spiro atoms. The molecule has 10 nitrogen and oxygen atoms in total. The van der Waals surface area contributed by atoms with E-state index in [0.717, 1.165) is 0 Å². The first-order valence-electron chi connectivity index (χ1n) is 3.74. The minimum Gasteiger partial charge on any atom is -0.865 e. The second-order valence-electron chi connectivity index (χ2n) is 2.53. The van der Waals surface area contributed by atoms with Gasteiger partial charge < -0.3 is 30.4 Å². The molecule has 4 N–H and O–H groups in total. The van der Waals surface area contributed by atoms with Crippen LogP contribution < -0.4 is 56.5 Å². The second-order valence-corrected chi connectivity index (χ2v) is 2.53. The van der Waals surface area contributed by atoms with Gasteiger partial charge in [-0.05, 0) is 0 Å². The molecule has 0 aromatic rings. The molecule has 0 radical (unpaired) electrons. The minimum absolute atomic E-state index is 0. The summed E-state index contributed by atoms with van der Waals surface area (Å²) in [5.74, 6) is -3.25. The predicted molar refractivity (Wildman–Crippen MR) is 41.4 cm³/mol. The number of cyclic esters (lactones) is 1. The van der Waals surface area contributed by atoms with Gasteiger partial charge in [0.05, 0.1) is 6.61 Å². The van der Waals surface area contributed by atoms with Crippen molar-refractivity contribution in [2.75, 3.05) is 6.61 Å². The fraction of sp³-hybridized carbons (Fsp3) is 0.500. The molecule has 2 atom stereocenters. The Balaban J connectivity index is 0. The molecule has 0 unspecified atom stereocenters. The first-order chi connectivity index (χ1) is 7.31. The van der Waals surface area contributed by atoms with Gasteiger partial charge in [0.1, 0.15) is 11.9 Å². The maximum Gasteiger partial charge on any atom is 1.00 e. The van der Waals surface area contributed by atoms with Gasteiger partial charge in [-0.15, -0.1) is 10.1 Å². The van der Waals surface area contributed by atoms with Crippen LogP contribution in [0.4, 0.5) is 0 Å². The summed E-state index contributed by atoms with van der Waals surface area (Å²) in [5, 5.41) is 50.4. The monoisotopic (exact) mass is 277 g/mol. The van der Waals surface area contributed by atoms with Crippen molar-refractivity contribution in [1.82, 2.24) is 0 Å². The van der Waals surface area contributed by atoms with E-state index < -0.39 is 41.4 Å². The topological polar surface area (TPSA) is 173 Å². The summed E-state index contributed by atoms with van der Waals surface area (Å²) in [6.45, 7) is -0.699. The van der Waals surface area contributed by atoms with Crippen molar-refractivity contribution in [3.05, 3.63) is 21.6 Å². The molecule has 0 fully saturated rings. The first-order valence-corrected chi connectivity index (χ1v) is 3.74. The van der Waals surface area contributed by atoms with Gasteiger partial charge in [0.25, 0.3) is 5.09 Å². The smallest absolute Gasteiger partial charge is 0.865 e. The number of rotatable bonds is 2. The Hall–Kier alpha value is -0.434. The van der Waals surface area contributed by atoms with Gasteiger partial charge in [-0.2, -0.15) is 0 Å². The number of hydrogen-bond donors (Lipinski definition) is 4. The van der Waals surface area contributed by atoms with Crippen LogP contribution in [0.5, 0.6) is 0 Å². The molecule has 0 aliphatic carbocycles. The zero-order valence-corrected chi connectivity index (χ0v) is 11.8. The Labute approximate surface area is 137 Å². The van der Waals surface area contributed by atoms with Crippen molar-refractivity contribution in [3.8, 4) is 0 Å². The molecule has 1 aliphatic rings. The van der Waals surface area contributed by atoms with E-state index in [2.05, 4.69) is 4.74 Å². The molecule has 0 amide bonds. The number of nitrogens with zero attached hydrogens (tertiary/aromatic N) is 1. The van der Waals surface area contributed by atoms with Crippen LogP contribution in [0.25, 0.3) is 0 Å². The summed E-state index contributed by atoms with van der Waals surface area (Å²) < 4.78 is 4.25. The third-order valence-electron chi connectivity index (χ3n) is 1.46. The maximum absolute atomic E-state index is 10.6. The van der Waals surface area contributed by atoms with E-state index in [9.17, 15) is 9.90 Å². The molecule has 0 aromatic carbocycles. The standard InChI is InChI=1S/C6H8O6.K.HNO3/c7-1-2(8)5-3(9)4(10)6(11)12-5;;2-1(3)4/h2,5,7-10H,1H2;;(H,2,3,4)/q;+1;/p-1/t2-,5+;;/m0../s1. The van der Waals surface area contributed by atoms with Crippen LogP contribution in [0.2, 0.25) is 0 Å². The fourth-order valence-electron chi connectivity index (χ4n) is 0.815. The number of carbonyl (C=O) groups excluding carboxylic acids is 1. The number of ether oxygens (including phenoxy) is 1. The summed E-state index contributed by atoms with van der Waals surface area (Å²) >= 11 is 0. The van der Waals surface area contributed by atoms with Crippen molar-refractivity contribution in [3.63, 3.8) is 0 Å². The third-order valence-corrected chi connectivity index (χ3v) is 1.46. The van der Waals surface area contributed by atoms with Crippen LogP contribution in [-0.4, -0.2) is 50.4 Å². The Morgan fingerprint density at radius 3 is 2.18 bits per heavy atom. The molecule has 11 heteroatoms.